The molecule has 0 radical (unpaired) electrons. The number of hydrogen-bond donors (Lipinski definition) is 0. The van der Waals surface area contributed by atoms with Gasteiger partial charge >= 0.3 is 0 Å². The van der Waals surface area contributed by atoms with E-state index in [-0.39, 0.29) is 11.5 Å². The normalized spacial score (nSPS) is 38.2. The molecule has 0 aromatic heterocycles. The van der Waals surface area contributed by atoms with Crippen molar-refractivity contribution in [2.45, 2.75) is 36.9 Å². The summed E-state index contributed by atoms with van der Waals surface area (Å²) >= 11 is 0. The zero-order chi connectivity index (χ0) is 14.0. The van der Waals surface area contributed by atoms with E-state index in [9.17, 15) is 0 Å². The summed E-state index contributed by atoms with van der Waals surface area (Å²) in [6.45, 7) is 2.52. The van der Waals surface area contributed by atoms with Crippen LogP contribution in [-0.4, -0.2) is 37.5 Å². The molecule has 4 heteroatoms. The lowest BCUT2D eigenvalue weighted by Gasteiger charge is -2.45. The van der Waals surface area contributed by atoms with Crippen molar-refractivity contribution in [1.29, 1.82) is 0 Å². The molecule has 3 aliphatic heterocycles. The fourth-order valence-electron chi connectivity index (χ4n) is 4.64. The number of ether oxygens (including phenoxy) is 3. The fourth-order valence-corrected chi connectivity index (χ4v) is 4.64. The Bertz CT molecular complexity index is 641. The first-order valence-corrected chi connectivity index (χ1v) is 7.69. The van der Waals surface area contributed by atoms with Gasteiger partial charge in [0.2, 0.25) is 6.79 Å². The Balaban J connectivity index is 1.69. The van der Waals surface area contributed by atoms with E-state index in [4.69, 9.17) is 14.2 Å². The second-order valence-electron chi connectivity index (χ2n) is 6.51. The summed E-state index contributed by atoms with van der Waals surface area (Å²) in [5, 5.41) is 0. The van der Waals surface area contributed by atoms with Gasteiger partial charge in [0, 0.05) is 31.7 Å². The lowest BCUT2D eigenvalue weighted by Crippen LogP contribution is -2.49. The molecule has 0 N–H and O–H groups in total. The highest BCUT2D eigenvalue weighted by Crippen LogP contribution is 2.53. The molecule has 0 saturated carbocycles. The molecule has 4 aliphatic rings. The molecule has 1 aromatic rings. The smallest absolute Gasteiger partial charge is 0.231 e. The van der Waals surface area contributed by atoms with Crippen LogP contribution in [0, 0.1) is 0 Å². The van der Waals surface area contributed by atoms with Crippen molar-refractivity contribution in [3.05, 3.63) is 35.4 Å². The third-order valence-electron chi connectivity index (χ3n) is 5.69. The molecule has 1 aliphatic carbocycles. The topological polar surface area (TPSA) is 30.9 Å². The summed E-state index contributed by atoms with van der Waals surface area (Å²) in [4.78, 5) is 2.61. The van der Waals surface area contributed by atoms with E-state index in [1.165, 1.54) is 17.5 Å². The molecule has 0 spiro atoms. The van der Waals surface area contributed by atoms with Gasteiger partial charge in [-0.25, -0.2) is 0 Å². The van der Waals surface area contributed by atoms with E-state index < -0.39 is 0 Å². The summed E-state index contributed by atoms with van der Waals surface area (Å²) in [5.41, 5.74) is 2.98. The zero-order valence-corrected chi connectivity index (χ0v) is 12.2. The van der Waals surface area contributed by atoms with E-state index in [1.54, 1.807) is 7.11 Å². The highest BCUT2D eigenvalue weighted by Gasteiger charge is 2.53. The standard InChI is InChI=1S/C17H19NO3/c1-19-12-2-3-17-4-5-18(16(17)7-12)9-11-6-14-15(8-13(11)17)21-10-20-14/h2-3,6,8,12,16H,4-5,7,9-10H2,1H3/t12-,16+,17-/m0/s1. The molecule has 110 valence electrons. The number of nitrogens with zero attached hydrogens (tertiary/aromatic N) is 1. The average Bonchev–Trinajstić information content (AvgIpc) is 3.07. The van der Waals surface area contributed by atoms with Crippen molar-refractivity contribution in [3.63, 3.8) is 0 Å². The molecular formula is C17H19NO3. The number of fused-ring (bicyclic) bond motifs is 2. The molecule has 1 fully saturated rings. The van der Waals surface area contributed by atoms with Crippen LogP contribution >= 0.6 is 0 Å². The summed E-state index contributed by atoms with van der Waals surface area (Å²) in [6.07, 6.45) is 7.17. The second-order valence-corrected chi connectivity index (χ2v) is 6.51. The molecule has 0 amide bonds. The first-order chi connectivity index (χ1) is 10.3. The monoisotopic (exact) mass is 285 g/mol. The van der Waals surface area contributed by atoms with Gasteiger partial charge < -0.3 is 14.2 Å². The average molecular weight is 285 g/mol. The van der Waals surface area contributed by atoms with Crippen molar-refractivity contribution in [3.8, 4) is 11.5 Å². The Hall–Kier alpha value is -1.52. The molecule has 5 rings (SSSR count). The van der Waals surface area contributed by atoms with E-state index in [0.29, 0.717) is 12.8 Å². The maximum atomic E-state index is 5.61. The summed E-state index contributed by atoms with van der Waals surface area (Å²) in [7, 11) is 1.80. The molecule has 4 nitrogen and oxygen atoms in total. The molecule has 2 bridgehead atoms. The summed E-state index contributed by atoms with van der Waals surface area (Å²) in [6, 6.07) is 4.97. The van der Waals surface area contributed by atoms with Gasteiger partial charge in [-0.3, -0.25) is 4.90 Å². The van der Waals surface area contributed by atoms with Gasteiger partial charge in [0.15, 0.2) is 11.5 Å². The minimum Gasteiger partial charge on any atom is -0.454 e. The second kappa shape index (κ2) is 4.02. The summed E-state index contributed by atoms with van der Waals surface area (Å²) in [5.74, 6) is 1.81. The SMILES string of the molecule is CO[C@H]1C=C[C@]23CCN(Cc4cc5c(cc42)OCO5)[C@@H]3C1. The van der Waals surface area contributed by atoms with Gasteiger partial charge in [0.05, 0.1) is 6.10 Å². The molecular weight excluding hydrogens is 266 g/mol. The first kappa shape index (κ1) is 12.1. The first-order valence-electron chi connectivity index (χ1n) is 7.69. The van der Waals surface area contributed by atoms with Crippen LogP contribution in [0.3, 0.4) is 0 Å². The Kier molecular flexibility index (Phi) is 2.31. The number of rotatable bonds is 1. The molecule has 1 unspecified atom stereocenters. The lowest BCUT2D eigenvalue weighted by atomic mass is 9.66. The molecule has 4 atom stereocenters. The molecule has 1 aromatic carbocycles. The van der Waals surface area contributed by atoms with Crippen molar-refractivity contribution in [2.24, 2.45) is 0 Å². The van der Waals surface area contributed by atoms with Crippen molar-refractivity contribution in [2.75, 3.05) is 20.4 Å². The Morgan fingerprint density at radius 3 is 3.00 bits per heavy atom. The molecule has 3 heterocycles. The largest absolute Gasteiger partial charge is 0.454 e. The van der Waals surface area contributed by atoms with Gasteiger partial charge in [-0.2, -0.15) is 0 Å². The van der Waals surface area contributed by atoms with Crippen molar-refractivity contribution in [1.82, 2.24) is 4.90 Å². The lowest BCUT2D eigenvalue weighted by molar-refractivity contribution is 0.0750. The zero-order valence-electron chi connectivity index (χ0n) is 12.2. The van der Waals surface area contributed by atoms with Gasteiger partial charge in [-0.05, 0) is 36.1 Å². The maximum absolute atomic E-state index is 5.61. The third kappa shape index (κ3) is 1.47. The van der Waals surface area contributed by atoms with Crippen molar-refractivity contribution < 1.29 is 14.2 Å². The third-order valence-corrected chi connectivity index (χ3v) is 5.69. The van der Waals surface area contributed by atoms with Gasteiger partial charge in [-0.1, -0.05) is 12.2 Å². The van der Waals surface area contributed by atoms with E-state index in [0.717, 1.165) is 31.0 Å². The Morgan fingerprint density at radius 1 is 1.29 bits per heavy atom. The van der Waals surface area contributed by atoms with Gasteiger partial charge in [0.25, 0.3) is 0 Å². The van der Waals surface area contributed by atoms with Gasteiger partial charge in [0.1, 0.15) is 0 Å². The van der Waals surface area contributed by atoms with Crippen LogP contribution < -0.4 is 9.47 Å². The molecule has 21 heavy (non-hydrogen) atoms. The van der Waals surface area contributed by atoms with Gasteiger partial charge in [-0.15, -0.1) is 0 Å². The summed E-state index contributed by atoms with van der Waals surface area (Å²) < 4.78 is 16.7. The van der Waals surface area contributed by atoms with Crippen LogP contribution in [0.4, 0.5) is 0 Å². The highest BCUT2D eigenvalue weighted by molar-refractivity contribution is 5.55. The number of methoxy groups -OCH3 is 1. The van der Waals surface area contributed by atoms with Crippen LogP contribution in [0.15, 0.2) is 24.3 Å². The fraction of sp³-hybridized carbons (Fsp3) is 0.529. The number of benzene rings is 1. The van der Waals surface area contributed by atoms with E-state index >= 15 is 0 Å². The van der Waals surface area contributed by atoms with Crippen LogP contribution in [0.1, 0.15) is 24.0 Å². The van der Waals surface area contributed by atoms with Crippen LogP contribution in [-0.2, 0) is 16.7 Å². The van der Waals surface area contributed by atoms with Crippen molar-refractivity contribution >= 4 is 0 Å². The van der Waals surface area contributed by atoms with E-state index in [1.807, 2.05) is 0 Å². The van der Waals surface area contributed by atoms with E-state index in [2.05, 4.69) is 29.2 Å². The quantitative estimate of drug-likeness (QED) is 0.740. The highest BCUT2D eigenvalue weighted by atomic mass is 16.7. The maximum Gasteiger partial charge on any atom is 0.231 e. The minimum atomic E-state index is 0.142. The van der Waals surface area contributed by atoms with Crippen LogP contribution in [0.2, 0.25) is 0 Å². The predicted octanol–water partition coefficient (Wildman–Crippen LogP) is 2.22. The minimum absolute atomic E-state index is 0.142. The molecule has 1 saturated heterocycles. The van der Waals surface area contributed by atoms with Crippen LogP contribution in [0.25, 0.3) is 0 Å². The Morgan fingerprint density at radius 2 is 2.14 bits per heavy atom. The van der Waals surface area contributed by atoms with Crippen LogP contribution in [0.5, 0.6) is 11.5 Å². The number of hydrogen-bond acceptors (Lipinski definition) is 4. The predicted molar refractivity (Wildman–Crippen MR) is 77.6 cm³/mol. The Labute approximate surface area is 124 Å².